The lowest BCUT2D eigenvalue weighted by atomic mass is 10.1. The maximum Gasteiger partial charge on any atom is 0.324 e. The van der Waals surface area contributed by atoms with Crippen LogP contribution in [0, 0.1) is 10.1 Å². The highest BCUT2D eigenvalue weighted by atomic mass is 32.2. The van der Waals surface area contributed by atoms with E-state index in [2.05, 4.69) is 4.72 Å². The first-order chi connectivity index (χ1) is 13.3. The maximum absolute atomic E-state index is 12.8. The number of hydrogen-bond donors (Lipinski definition) is 1. The first-order valence-electron chi connectivity index (χ1n) is 8.33. The van der Waals surface area contributed by atoms with E-state index in [1.165, 1.54) is 7.11 Å². The van der Waals surface area contributed by atoms with Gasteiger partial charge < -0.3 is 9.47 Å². The van der Waals surface area contributed by atoms with E-state index < -0.39 is 27.0 Å². The summed E-state index contributed by atoms with van der Waals surface area (Å²) in [6.07, 6.45) is 0.0776. The standard InChI is InChI=1S/C18H20N2O7S/c1-3-27-18(21)15(11-13-7-5-4-6-8-13)19-28(24,25)17-10-9-14(20(22)23)12-16(17)26-2/h4-10,12,15,19H,3,11H2,1-2H3. The number of nitro benzene ring substituents is 1. The van der Waals surface area contributed by atoms with Crippen molar-refractivity contribution in [1.29, 1.82) is 0 Å². The summed E-state index contributed by atoms with van der Waals surface area (Å²) >= 11 is 0. The van der Waals surface area contributed by atoms with Gasteiger partial charge in [0.05, 0.1) is 24.7 Å². The van der Waals surface area contributed by atoms with Crippen LogP contribution in [0.2, 0.25) is 0 Å². The minimum Gasteiger partial charge on any atom is -0.495 e. The fraction of sp³-hybridized carbons (Fsp3) is 0.278. The van der Waals surface area contributed by atoms with Crippen LogP contribution in [-0.4, -0.2) is 39.1 Å². The summed E-state index contributed by atoms with van der Waals surface area (Å²) in [6.45, 7) is 1.71. The summed E-state index contributed by atoms with van der Waals surface area (Å²) in [6, 6.07) is 10.8. The topological polar surface area (TPSA) is 125 Å². The summed E-state index contributed by atoms with van der Waals surface area (Å²) in [7, 11) is -3.03. The summed E-state index contributed by atoms with van der Waals surface area (Å²) < 4.78 is 38.0. The van der Waals surface area contributed by atoms with Crippen LogP contribution in [0.25, 0.3) is 0 Å². The van der Waals surface area contributed by atoms with Crippen molar-refractivity contribution in [2.45, 2.75) is 24.3 Å². The molecule has 0 saturated carbocycles. The van der Waals surface area contributed by atoms with Crippen molar-refractivity contribution < 1.29 is 27.6 Å². The average Bonchev–Trinajstić information content (AvgIpc) is 2.67. The van der Waals surface area contributed by atoms with Crippen molar-refractivity contribution >= 4 is 21.7 Å². The van der Waals surface area contributed by atoms with Gasteiger partial charge >= 0.3 is 5.97 Å². The Morgan fingerprint density at radius 1 is 1.21 bits per heavy atom. The van der Waals surface area contributed by atoms with Gasteiger partial charge in [-0.3, -0.25) is 14.9 Å². The Balaban J connectivity index is 2.36. The minimum atomic E-state index is -4.23. The highest BCUT2D eigenvalue weighted by Crippen LogP contribution is 2.28. The predicted molar refractivity (Wildman–Crippen MR) is 101 cm³/mol. The van der Waals surface area contributed by atoms with Gasteiger partial charge in [-0.25, -0.2) is 8.42 Å². The van der Waals surface area contributed by atoms with Crippen LogP contribution in [0.5, 0.6) is 5.75 Å². The van der Waals surface area contributed by atoms with E-state index in [0.717, 1.165) is 23.8 Å². The Morgan fingerprint density at radius 2 is 1.89 bits per heavy atom. The van der Waals surface area contributed by atoms with E-state index in [1.807, 2.05) is 0 Å². The first-order valence-corrected chi connectivity index (χ1v) is 9.82. The largest absolute Gasteiger partial charge is 0.495 e. The van der Waals surface area contributed by atoms with Gasteiger partial charge in [0.2, 0.25) is 10.0 Å². The van der Waals surface area contributed by atoms with Crippen LogP contribution in [0.4, 0.5) is 5.69 Å². The van der Waals surface area contributed by atoms with Crippen LogP contribution >= 0.6 is 0 Å². The van der Waals surface area contributed by atoms with E-state index >= 15 is 0 Å². The second-order valence-corrected chi connectivity index (χ2v) is 7.39. The normalized spacial score (nSPS) is 12.2. The lowest BCUT2D eigenvalue weighted by molar-refractivity contribution is -0.385. The van der Waals surface area contributed by atoms with Crippen molar-refractivity contribution in [3.05, 3.63) is 64.2 Å². The molecule has 2 aromatic rings. The molecule has 0 aromatic heterocycles. The second-order valence-electron chi connectivity index (χ2n) is 5.71. The SMILES string of the molecule is CCOC(=O)C(Cc1ccccc1)NS(=O)(=O)c1ccc([N+](=O)[O-])cc1OC. The first kappa shape index (κ1) is 21.3. The number of carbonyl (C=O) groups excluding carboxylic acids is 1. The summed E-state index contributed by atoms with van der Waals surface area (Å²) in [5, 5.41) is 10.9. The number of non-ortho nitro benzene ring substituents is 1. The Kier molecular flexibility index (Phi) is 7.07. The Labute approximate surface area is 162 Å². The third kappa shape index (κ3) is 5.27. The summed E-state index contributed by atoms with van der Waals surface area (Å²) in [5.74, 6) is -0.931. The molecule has 0 aliphatic carbocycles. The lowest BCUT2D eigenvalue weighted by Crippen LogP contribution is -2.43. The zero-order valence-electron chi connectivity index (χ0n) is 15.3. The van der Waals surface area contributed by atoms with Crippen LogP contribution in [0.1, 0.15) is 12.5 Å². The molecule has 0 amide bonds. The van der Waals surface area contributed by atoms with E-state index in [1.54, 1.807) is 37.3 Å². The fourth-order valence-corrected chi connectivity index (χ4v) is 3.84. The van der Waals surface area contributed by atoms with E-state index in [-0.39, 0.29) is 29.4 Å². The zero-order chi connectivity index (χ0) is 20.7. The van der Waals surface area contributed by atoms with Crippen molar-refractivity contribution in [3.63, 3.8) is 0 Å². The number of esters is 1. The number of rotatable bonds is 9. The van der Waals surface area contributed by atoms with Crippen molar-refractivity contribution in [2.24, 2.45) is 0 Å². The molecule has 0 spiro atoms. The quantitative estimate of drug-likeness (QED) is 0.382. The third-order valence-electron chi connectivity index (χ3n) is 3.80. The molecule has 0 saturated heterocycles. The third-order valence-corrected chi connectivity index (χ3v) is 5.31. The molecule has 28 heavy (non-hydrogen) atoms. The van der Waals surface area contributed by atoms with Crippen LogP contribution in [0.3, 0.4) is 0 Å². The van der Waals surface area contributed by atoms with Crippen molar-refractivity contribution in [2.75, 3.05) is 13.7 Å². The van der Waals surface area contributed by atoms with Gasteiger partial charge in [0.1, 0.15) is 16.7 Å². The molecule has 0 heterocycles. The molecule has 0 bridgehead atoms. The van der Waals surface area contributed by atoms with Gasteiger partial charge in [-0.2, -0.15) is 4.72 Å². The molecule has 2 aromatic carbocycles. The minimum absolute atomic E-state index is 0.0776. The smallest absolute Gasteiger partial charge is 0.324 e. The fourth-order valence-electron chi connectivity index (χ4n) is 2.51. The summed E-state index contributed by atoms with van der Waals surface area (Å²) in [4.78, 5) is 22.2. The van der Waals surface area contributed by atoms with Gasteiger partial charge in [0, 0.05) is 6.07 Å². The Morgan fingerprint density at radius 3 is 2.46 bits per heavy atom. The number of carbonyl (C=O) groups is 1. The van der Waals surface area contributed by atoms with E-state index in [0.29, 0.717) is 0 Å². The average molecular weight is 408 g/mol. The van der Waals surface area contributed by atoms with Crippen LogP contribution in [0.15, 0.2) is 53.4 Å². The molecular formula is C18H20N2O7S. The zero-order valence-corrected chi connectivity index (χ0v) is 16.1. The Bertz CT molecular complexity index is 946. The number of hydrogen-bond acceptors (Lipinski definition) is 7. The van der Waals surface area contributed by atoms with Crippen LogP contribution < -0.4 is 9.46 Å². The van der Waals surface area contributed by atoms with Crippen molar-refractivity contribution in [1.82, 2.24) is 4.72 Å². The second kappa shape index (κ2) is 9.29. The molecule has 10 heteroatoms. The van der Waals surface area contributed by atoms with E-state index in [9.17, 15) is 23.3 Å². The van der Waals surface area contributed by atoms with Gasteiger partial charge in [-0.1, -0.05) is 30.3 Å². The number of nitrogens with one attached hydrogen (secondary N) is 1. The molecule has 150 valence electrons. The van der Waals surface area contributed by atoms with Crippen LogP contribution in [-0.2, 0) is 26.0 Å². The van der Waals surface area contributed by atoms with E-state index in [4.69, 9.17) is 9.47 Å². The van der Waals surface area contributed by atoms with Gasteiger partial charge in [0.15, 0.2) is 0 Å². The molecule has 9 nitrogen and oxygen atoms in total. The predicted octanol–water partition coefficient (Wildman–Crippen LogP) is 2.06. The highest BCUT2D eigenvalue weighted by molar-refractivity contribution is 7.89. The molecule has 0 fully saturated rings. The van der Waals surface area contributed by atoms with Gasteiger partial charge in [-0.05, 0) is 25.0 Å². The number of sulfonamides is 1. The van der Waals surface area contributed by atoms with Crippen molar-refractivity contribution in [3.8, 4) is 5.75 Å². The van der Waals surface area contributed by atoms with Gasteiger partial charge in [0.25, 0.3) is 5.69 Å². The molecule has 0 aliphatic rings. The Hall–Kier alpha value is -2.98. The molecule has 0 radical (unpaired) electrons. The summed E-state index contributed by atoms with van der Waals surface area (Å²) in [5.41, 5.74) is 0.418. The molecule has 1 unspecified atom stereocenters. The number of ether oxygens (including phenoxy) is 2. The monoisotopic (exact) mass is 408 g/mol. The van der Waals surface area contributed by atoms with Gasteiger partial charge in [-0.15, -0.1) is 0 Å². The number of nitro groups is 1. The lowest BCUT2D eigenvalue weighted by Gasteiger charge is -2.18. The molecule has 2 rings (SSSR count). The molecule has 1 N–H and O–H groups in total. The maximum atomic E-state index is 12.8. The number of benzene rings is 2. The molecule has 0 aliphatic heterocycles. The highest BCUT2D eigenvalue weighted by Gasteiger charge is 2.30. The number of methoxy groups -OCH3 is 1. The number of nitrogens with zero attached hydrogens (tertiary/aromatic N) is 1. The molecular weight excluding hydrogens is 388 g/mol. The molecule has 1 atom stereocenters.